The summed E-state index contributed by atoms with van der Waals surface area (Å²) < 4.78 is 38.6. The second-order valence-corrected chi connectivity index (χ2v) is 7.10. The average Bonchev–Trinajstić information content (AvgIpc) is 3.10. The van der Waals surface area contributed by atoms with Gasteiger partial charge in [0.1, 0.15) is 10.7 Å². The van der Waals surface area contributed by atoms with Gasteiger partial charge in [-0.05, 0) is 37.6 Å². The van der Waals surface area contributed by atoms with Crippen LogP contribution >= 0.6 is 11.3 Å². The molecule has 9 heteroatoms. The van der Waals surface area contributed by atoms with E-state index in [-0.39, 0.29) is 23.4 Å². The third kappa shape index (κ3) is 4.30. The van der Waals surface area contributed by atoms with E-state index in [0.717, 1.165) is 34.7 Å². The number of alkyl halides is 3. The maximum atomic E-state index is 12.9. The van der Waals surface area contributed by atoms with E-state index >= 15 is 0 Å². The third-order valence-electron chi connectivity index (χ3n) is 4.09. The van der Waals surface area contributed by atoms with Crippen molar-refractivity contribution in [2.75, 3.05) is 0 Å². The normalized spacial score (nSPS) is 11.5. The molecule has 2 N–H and O–H groups in total. The number of thiazole rings is 1. The summed E-state index contributed by atoms with van der Waals surface area (Å²) in [5.74, 6) is -0.506. The maximum Gasteiger partial charge on any atom is 0.416 e. The summed E-state index contributed by atoms with van der Waals surface area (Å²) in [5, 5.41) is 4.40. The summed E-state index contributed by atoms with van der Waals surface area (Å²) in [4.78, 5) is 31.1. The number of hydrogen-bond donors (Lipinski definition) is 2. The van der Waals surface area contributed by atoms with Crippen LogP contribution in [0.4, 0.5) is 13.2 Å². The second-order valence-electron chi connectivity index (χ2n) is 6.24. The highest BCUT2D eigenvalue weighted by molar-refractivity contribution is 7.13. The van der Waals surface area contributed by atoms with Gasteiger partial charge in [-0.25, -0.2) is 4.98 Å². The Hall–Kier alpha value is -2.94. The lowest BCUT2D eigenvalue weighted by atomic mass is 10.1. The van der Waals surface area contributed by atoms with Gasteiger partial charge in [-0.2, -0.15) is 13.2 Å². The van der Waals surface area contributed by atoms with E-state index in [1.165, 1.54) is 17.5 Å². The summed E-state index contributed by atoms with van der Waals surface area (Å²) >= 11 is 1.07. The van der Waals surface area contributed by atoms with Gasteiger partial charge >= 0.3 is 6.18 Å². The predicted octanol–water partition coefficient (Wildman–Crippen LogP) is 4.06. The van der Waals surface area contributed by atoms with E-state index < -0.39 is 17.6 Å². The Morgan fingerprint density at radius 3 is 2.68 bits per heavy atom. The van der Waals surface area contributed by atoms with Crippen LogP contribution < -0.4 is 10.9 Å². The fourth-order valence-corrected chi connectivity index (χ4v) is 3.50. The highest BCUT2D eigenvalue weighted by Crippen LogP contribution is 2.33. The number of hydrogen-bond acceptors (Lipinski definition) is 4. The Balaban J connectivity index is 1.76. The Morgan fingerprint density at radius 2 is 2.00 bits per heavy atom. The van der Waals surface area contributed by atoms with Gasteiger partial charge in [-0.1, -0.05) is 12.1 Å². The number of rotatable bonds is 4. The third-order valence-corrected chi connectivity index (χ3v) is 4.98. The van der Waals surface area contributed by atoms with E-state index in [4.69, 9.17) is 0 Å². The van der Waals surface area contributed by atoms with Crippen molar-refractivity contribution in [3.8, 4) is 10.6 Å². The van der Waals surface area contributed by atoms with Crippen LogP contribution in [0.3, 0.4) is 0 Å². The minimum atomic E-state index is -4.45. The first kappa shape index (κ1) is 19.8. The second kappa shape index (κ2) is 7.59. The lowest BCUT2D eigenvalue weighted by Gasteiger charge is -2.07. The smallest absolute Gasteiger partial charge is 0.346 e. The van der Waals surface area contributed by atoms with Crippen molar-refractivity contribution in [1.82, 2.24) is 15.3 Å². The number of aryl methyl sites for hydroxylation is 2. The van der Waals surface area contributed by atoms with Crippen LogP contribution in [0.15, 0.2) is 40.5 Å². The van der Waals surface area contributed by atoms with Crippen LogP contribution in [0.1, 0.15) is 32.9 Å². The summed E-state index contributed by atoms with van der Waals surface area (Å²) in [5.41, 5.74) is 1.23. The van der Waals surface area contributed by atoms with Crippen LogP contribution in [0.25, 0.3) is 10.6 Å². The summed E-state index contributed by atoms with van der Waals surface area (Å²) in [6, 6.07) is 6.58. The molecule has 0 aliphatic heterocycles. The lowest BCUT2D eigenvalue weighted by molar-refractivity contribution is -0.137. The molecule has 0 fully saturated rings. The number of carbonyl (C=O) groups is 1. The monoisotopic (exact) mass is 407 g/mol. The zero-order chi connectivity index (χ0) is 20.5. The van der Waals surface area contributed by atoms with Gasteiger partial charge in [0.25, 0.3) is 11.5 Å². The first-order valence-corrected chi connectivity index (χ1v) is 9.14. The molecule has 0 aliphatic rings. The molecule has 2 aromatic heterocycles. The number of nitrogens with zero attached hydrogens (tertiary/aromatic N) is 1. The molecule has 3 aromatic rings. The summed E-state index contributed by atoms with van der Waals surface area (Å²) in [7, 11) is 0. The molecule has 3 rings (SSSR count). The van der Waals surface area contributed by atoms with Crippen molar-refractivity contribution < 1.29 is 18.0 Å². The number of H-pyrrole nitrogens is 1. The van der Waals surface area contributed by atoms with Crippen molar-refractivity contribution in [2.45, 2.75) is 26.6 Å². The number of carbonyl (C=O) groups excluding carboxylic acids is 1. The predicted molar refractivity (Wildman–Crippen MR) is 100 cm³/mol. The SMILES string of the molecule is Cc1cc(C)c(CNC(=O)c2csc(-c3cccc(C(F)(F)F)c3)n2)c(=O)[nH]1. The molecule has 28 heavy (non-hydrogen) atoms. The molecule has 5 nitrogen and oxygen atoms in total. The van der Waals surface area contributed by atoms with Gasteiger partial charge in [0, 0.05) is 28.7 Å². The number of benzene rings is 1. The first-order chi connectivity index (χ1) is 13.1. The molecule has 0 unspecified atom stereocenters. The Bertz CT molecular complexity index is 1090. The van der Waals surface area contributed by atoms with Crippen molar-refractivity contribution in [3.05, 3.63) is 74.1 Å². The minimum Gasteiger partial charge on any atom is -0.346 e. The molecule has 0 spiro atoms. The van der Waals surface area contributed by atoms with Gasteiger partial charge in [0.05, 0.1) is 5.56 Å². The number of amides is 1. The highest BCUT2D eigenvalue weighted by atomic mass is 32.1. The van der Waals surface area contributed by atoms with Crippen molar-refractivity contribution in [2.24, 2.45) is 0 Å². The van der Waals surface area contributed by atoms with Crippen LogP contribution in [0.2, 0.25) is 0 Å². The fourth-order valence-electron chi connectivity index (χ4n) is 2.70. The van der Waals surface area contributed by atoms with Gasteiger partial charge in [-0.15, -0.1) is 11.3 Å². The Labute approximate surface area is 162 Å². The summed E-state index contributed by atoms with van der Waals surface area (Å²) in [6.07, 6.45) is -4.45. The summed E-state index contributed by atoms with van der Waals surface area (Å²) in [6.45, 7) is 3.57. The van der Waals surface area contributed by atoms with Crippen LogP contribution in [0, 0.1) is 13.8 Å². The Morgan fingerprint density at radius 1 is 1.25 bits per heavy atom. The van der Waals surface area contributed by atoms with E-state index in [2.05, 4.69) is 15.3 Å². The van der Waals surface area contributed by atoms with E-state index in [0.29, 0.717) is 10.6 Å². The molecule has 1 aromatic carbocycles. The van der Waals surface area contributed by atoms with Crippen molar-refractivity contribution in [1.29, 1.82) is 0 Å². The molecule has 146 valence electrons. The number of aromatic amines is 1. The molecule has 0 bridgehead atoms. The maximum absolute atomic E-state index is 12.9. The van der Waals surface area contributed by atoms with Crippen LogP contribution in [-0.4, -0.2) is 15.9 Å². The van der Waals surface area contributed by atoms with E-state index in [1.54, 1.807) is 19.9 Å². The molecule has 0 radical (unpaired) electrons. The minimum absolute atomic E-state index is 0.0245. The van der Waals surface area contributed by atoms with Crippen molar-refractivity contribution in [3.63, 3.8) is 0 Å². The van der Waals surface area contributed by atoms with E-state index in [1.807, 2.05) is 0 Å². The van der Waals surface area contributed by atoms with Gasteiger partial charge in [0.15, 0.2) is 0 Å². The number of pyridine rings is 1. The first-order valence-electron chi connectivity index (χ1n) is 8.26. The average molecular weight is 407 g/mol. The zero-order valence-electron chi connectivity index (χ0n) is 15.0. The standard InChI is InChI=1S/C19H16F3N3O2S/c1-10-6-11(2)24-16(26)14(10)8-23-17(27)15-9-28-18(25-15)12-4-3-5-13(7-12)19(20,21)22/h3-7,9H,8H2,1-2H3,(H,23,27)(H,24,26). The molecule has 0 saturated heterocycles. The largest absolute Gasteiger partial charge is 0.416 e. The Kier molecular flexibility index (Phi) is 5.37. The van der Waals surface area contributed by atoms with Crippen LogP contribution in [-0.2, 0) is 12.7 Å². The number of aromatic nitrogens is 2. The van der Waals surface area contributed by atoms with Gasteiger partial charge in [-0.3, -0.25) is 9.59 Å². The number of halogens is 3. The quantitative estimate of drug-likeness (QED) is 0.685. The fraction of sp³-hybridized carbons (Fsp3) is 0.211. The van der Waals surface area contributed by atoms with Crippen molar-refractivity contribution >= 4 is 17.2 Å². The topological polar surface area (TPSA) is 74.8 Å². The molecule has 0 aliphatic carbocycles. The molecule has 1 amide bonds. The molecule has 2 heterocycles. The molecular weight excluding hydrogens is 391 g/mol. The lowest BCUT2D eigenvalue weighted by Crippen LogP contribution is -2.28. The van der Waals surface area contributed by atoms with Gasteiger partial charge in [0.2, 0.25) is 0 Å². The van der Waals surface area contributed by atoms with E-state index in [9.17, 15) is 22.8 Å². The number of nitrogens with one attached hydrogen (secondary N) is 2. The molecule has 0 saturated carbocycles. The zero-order valence-corrected chi connectivity index (χ0v) is 15.8. The highest BCUT2D eigenvalue weighted by Gasteiger charge is 2.30. The van der Waals surface area contributed by atoms with Gasteiger partial charge < -0.3 is 10.3 Å². The molecule has 0 atom stereocenters. The molecular formula is C19H16F3N3O2S. The van der Waals surface area contributed by atoms with Crippen LogP contribution in [0.5, 0.6) is 0 Å².